The number of nitrogens with one attached hydrogen (secondary N) is 1. The van der Waals surface area contributed by atoms with Crippen LogP contribution in [0, 0.1) is 19.7 Å². The second-order valence-electron chi connectivity index (χ2n) is 4.44. The molecule has 0 aliphatic carbocycles. The van der Waals surface area contributed by atoms with E-state index in [-0.39, 0.29) is 5.02 Å². The topological polar surface area (TPSA) is 17.0 Å². The monoisotopic (exact) mass is 266 g/mol. The predicted octanol–water partition coefficient (Wildman–Crippen LogP) is 4.05. The number of anilines is 1. The Hall–Kier alpha value is -1.48. The second kappa shape index (κ2) is 5.02. The fourth-order valence-electron chi connectivity index (χ4n) is 1.92. The first-order valence-electron chi connectivity index (χ1n) is 5.79. The lowest BCUT2D eigenvalue weighted by Crippen LogP contribution is -2.01. The summed E-state index contributed by atoms with van der Waals surface area (Å²) in [6, 6.07) is 6.80. The number of hydrogen-bond acceptors (Lipinski definition) is 1. The Morgan fingerprint density at radius 1 is 1.28 bits per heavy atom. The molecular formula is C14H16ClFN2. The van der Waals surface area contributed by atoms with Crippen molar-refractivity contribution in [1.29, 1.82) is 0 Å². The maximum atomic E-state index is 13.0. The van der Waals surface area contributed by atoms with Gasteiger partial charge in [-0.3, -0.25) is 0 Å². The van der Waals surface area contributed by atoms with Crippen LogP contribution in [0.3, 0.4) is 0 Å². The molecule has 4 heteroatoms. The molecule has 0 atom stereocenters. The van der Waals surface area contributed by atoms with Crippen molar-refractivity contribution in [2.45, 2.75) is 20.4 Å². The highest BCUT2D eigenvalue weighted by Gasteiger charge is 2.06. The fourth-order valence-corrected chi connectivity index (χ4v) is 2.10. The molecule has 96 valence electrons. The molecule has 1 N–H and O–H groups in total. The van der Waals surface area contributed by atoms with E-state index in [0.29, 0.717) is 6.54 Å². The molecule has 18 heavy (non-hydrogen) atoms. The van der Waals surface area contributed by atoms with Gasteiger partial charge in [0.05, 0.1) is 5.02 Å². The zero-order valence-corrected chi connectivity index (χ0v) is 11.5. The lowest BCUT2D eigenvalue weighted by atomic mass is 10.2. The average molecular weight is 267 g/mol. The van der Waals surface area contributed by atoms with Crippen molar-refractivity contribution in [3.8, 4) is 0 Å². The van der Waals surface area contributed by atoms with Gasteiger partial charge in [0.25, 0.3) is 0 Å². The highest BCUT2D eigenvalue weighted by atomic mass is 35.5. The molecule has 0 saturated carbocycles. The maximum Gasteiger partial charge on any atom is 0.141 e. The van der Waals surface area contributed by atoms with Crippen molar-refractivity contribution in [3.05, 3.63) is 52.1 Å². The summed E-state index contributed by atoms with van der Waals surface area (Å²) in [7, 11) is 2.04. The second-order valence-corrected chi connectivity index (χ2v) is 4.85. The van der Waals surface area contributed by atoms with E-state index in [9.17, 15) is 4.39 Å². The van der Waals surface area contributed by atoms with Crippen LogP contribution in [0.4, 0.5) is 10.1 Å². The summed E-state index contributed by atoms with van der Waals surface area (Å²) in [4.78, 5) is 0. The molecule has 0 aliphatic rings. The van der Waals surface area contributed by atoms with Crippen LogP contribution < -0.4 is 5.32 Å². The third kappa shape index (κ3) is 2.51. The van der Waals surface area contributed by atoms with Gasteiger partial charge in [-0.2, -0.15) is 0 Å². The van der Waals surface area contributed by atoms with Crippen LogP contribution in [0.2, 0.25) is 5.02 Å². The summed E-state index contributed by atoms with van der Waals surface area (Å²) in [6.07, 6.45) is 0. The van der Waals surface area contributed by atoms with Crippen LogP contribution in [0.5, 0.6) is 0 Å². The van der Waals surface area contributed by atoms with Crippen molar-refractivity contribution < 1.29 is 4.39 Å². The smallest absolute Gasteiger partial charge is 0.141 e. The van der Waals surface area contributed by atoms with Crippen molar-refractivity contribution in [2.75, 3.05) is 5.32 Å². The number of benzene rings is 1. The summed E-state index contributed by atoms with van der Waals surface area (Å²) < 4.78 is 15.2. The summed E-state index contributed by atoms with van der Waals surface area (Å²) in [5.41, 5.74) is 4.51. The van der Waals surface area contributed by atoms with Gasteiger partial charge in [-0.15, -0.1) is 0 Å². The fraction of sp³-hybridized carbons (Fsp3) is 0.286. The van der Waals surface area contributed by atoms with E-state index in [1.165, 1.54) is 23.0 Å². The zero-order chi connectivity index (χ0) is 13.3. The van der Waals surface area contributed by atoms with Crippen LogP contribution >= 0.6 is 11.6 Å². The van der Waals surface area contributed by atoms with E-state index in [0.717, 1.165) is 5.69 Å². The molecule has 2 nitrogen and oxygen atoms in total. The highest BCUT2D eigenvalue weighted by Crippen LogP contribution is 2.21. The number of aromatic nitrogens is 1. The van der Waals surface area contributed by atoms with Gasteiger partial charge < -0.3 is 9.88 Å². The zero-order valence-electron chi connectivity index (χ0n) is 10.7. The summed E-state index contributed by atoms with van der Waals surface area (Å²) in [5, 5.41) is 3.39. The molecule has 1 aromatic heterocycles. The summed E-state index contributed by atoms with van der Waals surface area (Å²) in [6.45, 7) is 4.86. The molecule has 2 aromatic rings. The Labute approximate surface area is 111 Å². The molecule has 0 unspecified atom stereocenters. The lowest BCUT2D eigenvalue weighted by Gasteiger charge is -2.07. The van der Waals surface area contributed by atoms with Gasteiger partial charge in [-0.1, -0.05) is 11.6 Å². The van der Waals surface area contributed by atoms with Gasteiger partial charge in [0.1, 0.15) is 5.82 Å². The van der Waals surface area contributed by atoms with Crippen LogP contribution in [0.25, 0.3) is 0 Å². The SMILES string of the molecule is Cc1cc(CNc2ccc(F)c(Cl)c2)c(C)n1C. The van der Waals surface area contributed by atoms with Crippen LogP contribution in [0.1, 0.15) is 17.0 Å². The normalized spacial score (nSPS) is 10.7. The number of halogens is 2. The summed E-state index contributed by atoms with van der Waals surface area (Å²) >= 11 is 5.74. The van der Waals surface area contributed by atoms with E-state index in [2.05, 4.69) is 29.8 Å². The van der Waals surface area contributed by atoms with E-state index in [1.54, 1.807) is 12.1 Å². The highest BCUT2D eigenvalue weighted by molar-refractivity contribution is 6.31. The van der Waals surface area contributed by atoms with Crippen LogP contribution in [0.15, 0.2) is 24.3 Å². The minimum absolute atomic E-state index is 0.140. The molecule has 0 radical (unpaired) electrons. The standard InChI is InChI=1S/C14H16ClFN2/c1-9-6-11(10(2)18(9)3)8-17-12-4-5-14(16)13(15)7-12/h4-7,17H,8H2,1-3H3. The third-order valence-electron chi connectivity index (χ3n) is 3.28. The molecule has 0 bridgehead atoms. The average Bonchev–Trinajstić information content (AvgIpc) is 2.58. The molecule has 0 spiro atoms. The van der Waals surface area contributed by atoms with E-state index in [4.69, 9.17) is 11.6 Å². The van der Waals surface area contributed by atoms with E-state index < -0.39 is 5.82 Å². The Morgan fingerprint density at radius 2 is 2.00 bits per heavy atom. The van der Waals surface area contributed by atoms with E-state index in [1.807, 2.05) is 7.05 Å². The Balaban J connectivity index is 2.11. The summed E-state index contributed by atoms with van der Waals surface area (Å²) in [5.74, 6) is -0.394. The van der Waals surface area contributed by atoms with Gasteiger partial charge in [-0.05, 0) is 43.7 Å². The number of nitrogens with zero attached hydrogens (tertiary/aromatic N) is 1. The van der Waals surface area contributed by atoms with Crippen molar-refractivity contribution in [3.63, 3.8) is 0 Å². The molecule has 1 heterocycles. The van der Waals surface area contributed by atoms with Crippen LogP contribution in [-0.2, 0) is 13.6 Å². The minimum Gasteiger partial charge on any atom is -0.381 e. The van der Waals surface area contributed by atoms with Gasteiger partial charge in [0.2, 0.25) is 0 Å². The third-order valence-corrected chi connectivity index (χ3v) is 3.57. The lowest BCUT2D eigenvalue weighted by molar-refractivity contribution is 0.628. The van der Waals surface area contributed by atoms with Gasteiger partial charge in [-0.25, -0.2) is 4.39 Å². The van der Waals surface area contributed by atoms with Crippen LogP contribution in [-0.4, -0.2) is 4.57 Å². The molecule has 2 rings (SSSR count). The molecule has 1 aromatic carbocycles. The number of hydrogen-bond donors (Lipinski definition) is 1. The first-order valence-corrected chi connectivity index (χ1v) is 6.17. The molecule has 0 amide bonds. The first-order chi connectivity index (χ1) is 8.49. The Morgan fingerprint density at radius 3 is 2.56 bits per heavy atom. The maximum absolute atomic E-state index is 13.0. The van der Waals surface area contributed by atoms with Gasteiger partial charge in [0.15, 0.2) is 0 Å². The van der Waals surface area contributed by atoms with Crippen molar-refractivity contribution in [1.82, 2.24) is 4.57 Å². The Bertz CT molecular complexity index is 575. The molecule has 0 saturated heterocycles. The van der Waals surface area contributed by atoms with Crippen molar-refractivity contribution >= 4 is 17.3 Å². The van der Waals surface area contributed by atoms with Gasteiger partial charge in [0, 0.05) is 30.7 Å². The largest absolute Gasteiger partial charge is 0.381 e. The molecular weight excluding hydrogens is 251 g/mol. The number of rotatable bonds is 3. The molecule has 0 fully saturated rings. The minimum atomic E-state index is -0.394. The number of aryl methyl sites for hydroxylation is 1. The molecule has 0 aliphatic heterocycles. The predicted molar refractivity (Wildman–Crippen MR) is 73.6 cm³/mol. The van der Waals surface area contributed by atoms with Crippen molar-refractivity contribution in [2.24, 2.45) is 7.05 Å². The first kappa shape index (κ1) is 13.0. The van der Waals surface area contributed by atoms with Gasteiger partial charge >= 0.3 is 0 Å². The Kier molecular flexibility index (Phi) is 3.62. The van der Waals surface area contributed by atoms with E-state index >= 15 is 0 Å². The quantitative estimate of drug-likeness (QED) is 0.887.